The van der Waals surface area contributed by atoms with Gasteiger partial charge in [-0.1, -0.05) is 28.1 Å². The lowest BCUT2D eigenvalue weighted by Gasteiger charge is -1.97. The second kappa shape index (κ2) is 5.30. The van der Waals surface area contributed by atoms with Gasteiger partial charge in [0, 0.05) is 10.0 Å². The summed E-state index contributed by atoms with van der Waals surface area (Å²) in [6.45, 7) is 0. The Morgan fingerprint density at radius 1 is 1.35 bits per heavy atom. The number of halogens is 2. The molecule has 100 valence electrons. The lowest BCUT2D eigenvalue weighted by molar-refractivity contribution is -0.129. The number of carbonyl (C=O) groups excluding carboxylic acids is 1. The number of carbonyl (C=O) groups is 1. The normalized spacial score (nSPS) is 16.4. The van der Waals surface area contributed by atoms with Crippen LogP contribution in [-0.2, 0) is 9.53 Å². The molecule has 3 nitrogen and oxygen atoms in total. The summed E-state index contributed by atoms with van der Waals surface area (Å²) < 4.78 is 19.4. The first kappa shape index (κ1) is 13.2. The van der Waals surface area contributed by atoms with Gasteiger partial charge in [0.15, 0.2) is 5.70 Å². The molecule has 6 heteroatoms. The molecule has 2 heterocycles. The SMILES string of the molecule is O=C1OC(c2cccs2)=N/C1=C\c1ccc(Br)cc1F. The third-order valence-corrected chi connectivity index (χ3v) is 3.96. The molecule has 0 N–H and O–H groups in total. The zero-order chi connectivity index (χ0) is 14.1. The van der Waals surface area contributed by atoms with E-state index in [4.69, 9.17) is 4.74 Å². The minimum atomic E-state index is -0.573. The minimum absolute atomic E-state index is 0.0922. The Balaban J connectivity index is 1.97. The van der Waals surface area contributed by atoms with E-state index in [0.29, 0.717) is 4.47 Å². The van der Waals surface area contributed by atoms with Crippen LogP contribution in [0.2, 0.25) is 0 Å². The maximum atomic E-state index is 13.7. The van der Waals surface area contributed by atoms with Crippen LogP contribution in [0.15, 0.2) is 50.9 Å². The number of nitrogens with zero attached hydrogens (tertiary/aromatic N) is 1. The number of benzene rings is 1. The van der Waals surface area contributed by atoms with Crippen molar-refractivity contribution in [2.45, 2.75) is 0 Å². The molecule has 1 aliphatic rings. The van der Waals surface area contributed by atoms with E-state index in [2.05, 4.69) is 20.9 Å². The van der Waals surface area contributed by atoms with Gasteiger partial charge in [0.1, 0.15) is 5.82 Å². The number of ether oxygens (including phenoxy) is 1. The highest BCUT2D eigenvalue weighted by Crippen LogP contribution is 2.23. The van der Waals surface area contributed by atoms with Gasteiger partial charge in [-0.05, 0) is 29.7 Å². The van der Waals surface area contributed by atoms with E-state index in [0.717, 1.165) is 4.88 Å². The maximum absolute atomic E-state index is 13.7. The molecule has 0 unspecified atom stereocenters. The first-order chi connectivity index (χ1) is 9.63. The predicted molar refractivity (Wildman–Crippen MR) is 79.0 cm³/mol. The molecular formula is C14H7BrFNO2S. The zero-order valence-corrected chi connectivity index (χ0v) is 12.4. The molecule has 1 aromatic carbocycles. The molecule has 1 aromatic heterocycles. The standard InChI is InChI=1S/C14H7BrFNO2S/c15-9-4-3-8(10(16)7-9)6-11-14(18)19-13(17-11)12-2-1-5-20-12/h1-7H/b11-6-. The molecule has 0 atom stereocenters. The van der Waals surface area contributed by atoms with Crippen LogP contribution in [0.3, 0.4) is 0 Å². The van der Waals surface area contributed by atoms with Gasteiger partial charge in [0.2, 0.25) is 5.90 Å². The van der Waals surface area contributed by atoms with Crippen molar-refractivity contribution in [3.63, 3.8) is 0 Å². The molecule has 0 aliphatic carbocycles. The molecule has 1 aliphatic heterocycles. The summed E-state index contributed by atoms with van der Waals surface area (Å²) in [4.78, 5) is 16.6. The highest BCUT2D eigenvalue weighted by atomic mass is 79.9. The Bertz CT molecular complexity index is 738. The number of thiophene rings is 1. The third-order valence-electron chi connectivity index (χ3n) is 2.61. The Morgan fingerprint density at radius 3 is 2.90 bits per heavy atom. The van der Waals surface area contributed by atoms with Gasteiger partial charge >= 0.3 is 5.97 Å². The number of cyclic esters (lactones) is 1. The number of hydrogen-bond donors (Lipinski definition) is 0. The summed E-state index contributed by atoms with van der Waals surface area (Å²) in [7, 11) is 0. The van der Waals surface area contributed by atoms with Crippen molar-refractivity contribution in [2.24, 2.45) is 4.99 Å². The number of hydrogen-bond acceptors (Lipinski definition) is 4. The van der Waals surface area contributed by atoms with Crippen molar-refractivity contribution in [1.29, 1.82) is 0 Å². The van der Waals surface area contributed by atoms with E-state index < -0.39 is 11.8 Å². The average molecular weight is 352 g/mol. The fraction of sp³-hybridized carbons (Fsp3) is 0. The highest BCUT2D eigenvalue weighted by molar-refractivity contribution is 9.10. The van der Waals surface area contributed by atoms with Gasteiger partial charge in [-0.15, -0.1) is 11.3 Å². The fourth-order valence-electron chi connectivity index (χ4n) is 1.68. The van der Waals surface area contributed by atoms with Gasteiger partial charge < -0.3 is 4.74 Å². The molecule has 0 saturated carbocycles. The second-order valence-electron chi connectivity index (χ2n) is 3.98. The Morgan fingerprint density at radius 2 is 2.20 bits per heavy atom. The largest absolute Gasteiger partial charge is 0.401 e. The molecule has 2 aromatic rings. The third kappa shape index (κ3) is 2.57. The number of aliphatic imine (C=N–C) groups is 1. The van der Waals surface area contributed by atoms with E-state index in [-0.39, 0.29) is 17.2 Å². The molecule has 0 radical (unpaired) electrons. The second-order valence-corrected chi connectivity index (χ2v) is 5.84. The van der Waals surface area contributed by atoms with E-state index in [9.17, 15) is 9.18 Å². The Hall–Kier alpha value is -1.79. The van der Waals surface area contributed by atoms with E-state index >= 15 is 0 Å². The van der Waals surface area contributed by atoms with Crippen LogP contribution >= 0.6 is 27.3 Å². The van der Waals surface area contributed by atoms with E-state index in [1.165, 1.54) is 23.5 Å². The van der Waals surface area contributed by atoms with E-state index in [1.807, 2.05) is 11.4 Å². The van der Waals surface area contributed by atoms with Gasteiger partial charge in [-0.3, -0.25) is 0 Å². The molecule has 0 saturated heterocycles. The van der Waals surface area contributed by atoms with Crippen LogP contribution in [0.1, 0.15) is 10.4 Å². The van der Waals surface area contributed by atoms with Gasteiger partial charge in [-0.25, -0.2) is 14.2 Å². The van der Waals surface area contributed by atoms with Gasteiger partial charge in [-0.2, -0.15) is 0 Å². The van der Waals surface area contributed by atoms with Gasteiger partial charge in [0.05, 0.1) is 4.88 Å². The summed E-state index contributed by atoms with van der Waals surface area (Å²) in [6, 6.07) is 8.24. The van der Waals surface area contributed by atoms with Crippen LogP contribution in [0, 0.1) is 5.82 Å². The zero-order valence-electron chi connectivity index (χ0n) is 9.97. The quantitative estimate of drug-likeness (QED) is 0.606. The molecule has 0 spiro atoms. The van der Waals surface area contributed by atoms with Crippen LogP contribution in [0.4, 0.5) is 4.39 Å². The van der Waals surface area contributed by atoms with Crippen LogP contribution in [0.25, 0.3) is 6.08 Å². The van der Waals surface area contributed by atoms with E-state index in [1.54, 1.807) is 18.2 Å². The van der Waals surface area contributed by atoms with Crippen molar-refractivity contribution in [3.05, 3.63) is 62.1 Å². The van der Waals surface area contributed by atoms with Crippen LogP contribution in [0.5, 0.6) is 0 Å². The molecular weight excluding hydrogens is 345 g/mol. The van der Waals surface area contributed by atoms with Crippen molar-refractivity contribution in [3.8, 4) is 0 Å². The summed E-state index contributed by atoms with van der Waals surface area (Å²) in [5.41, 5.74) is 0.381. The van der Waals surface area contributed by atoms with Gasteiger partial charge in [0.25, 0.3) is 0 Å². The lowest BCUT2D eigenvalue weighted by atomic mass is 10.2. The first-order valence-corrected chi connectivity index (χ1v) is 7.32. The summed E-state index contributed by atoms with van der Waals surface area (Å²) in [5.74, 6) is -0.746. The summed E-state index contributed by atoms with van der Waals surface area (Å²) in [6.07, 6.45) is 1.38. The highest BCUT2D eigenvalue weighted by Gasteiger charge is 2.24. The summed E-state index contributed by atoms with van der Waals surface area (Å²) in [5, 5.41) is 1.86. The van der Waals surface area contributed by atoms with Crippen LogP contribution < -0.4 is 0 Å². The molecule has 0 bridgehead atoms. The topological polar surface area (TPSA) is 38.7 Å². The molecule has 0 fully saturated rings. The Labute approximate surface area is 126 Å². The van der Waals surface area contributed by atoms with Crippen molar-refractivity contribution < 1.29 is 13.9 Å². The number of esters is 1. The molecule has 3 rings (SSSR count). The van der Waals surface area contributed by atoms with Crippen molar-refractivity contribution in [1.82, 2.24) is 0 Å². The van der Waals surface area contributed by atoms with Crippen molar-refractivity contribution >= 4 is 45.2 Å². The van der Waals surface area contributed by atoms with Crippen molar-refractivity contribution in [2.75, 3.05) is 0 Å². The number of rotatable bonds is 2. The fourth-order valence-corrected chi connectivity index (χ4v) is 2.66. The lowest BCUT2D eigenvalue weighted by Crippen LogP contribution is -2.03. The average Bonchev–Trinajstić information content (AvgIpc) is 3.03. The molecule has 20 heavy (non-hydrogen) atoms. The van der Waals surface area contributed by atoms with Crippen LogP contribution in [-0.4, -0.2) is 11.9 Å². The predicted octanol–water partition coefficient (Wildman–Crippen LogP) is 3.99. The monoisotopic (exact) mass is 351 g/mol. The Kier molecular flexibility index (Phi) is 3.50. The minimum Gasteiger partial charge on any atom is -0.401 e. The summed E-state index contributed by atoms with van der Waals surface area (Å²) >= 11 is 4.60. The first-order valence-electron chi connectivity index (χ1n) is 5.65. The maximum Gasteiger partial charge on any atom is 0.363 e. The molecule has 0 amide bonds. The smallest absolute Gasteiger partial charge is 0.363 e.